The number of rotatable bonds is 5. The summed E-state index contributed by atoms with van der Waals surface area (Å²) in [6, 6.07) is 17.0. The fraction of sp³-hybridized carbons (Fsp3) is 0. The maximum Gasteiger partial charge on any atom is 0.255 e. The number of aromatic nitrogens is 1. The molecule has 0 radical (unpaired) electrons. The Balaban J connectivity index is 1.56. The number of amides is 1. The second-order valence-electron chi connectivity index (χ2n) is 7.13. The van der Waals surface area contributed by atoms with Crippen LogP contribution in [0.5, 0.6) is 0 Å². The lowest BCUT2D eigenvalue weighted by Gasteiger charge is -2.11. The molecule has 4 aromatic rings. The van der Waals surface area contributed by atoms with E-state index in [4.69, 9.17) is 5.73 Å². The summed E-state index contributed by atoms with van der Waals surface area (Å²) < 4.78 is 51.9. The molecule has 0 aliphatic carbocycles. The van der Waals surface area contributed by atoms with Gasteiger partial charge in [0.25, 0.3) is 5.91 Å². The summed E-state index contributed by atoms with van der Waals surface area (Å²) in [4.78, 5) is 15.9. The Bertz CT molecular complexity index is 1440. The molecular weight excluding hydrogens is 448 g/mol. The molecule has 0 bridgehead atoms. The topological polar surface area (TPSA) is 102 Å². The molecule has 9 heteroatoms. The van der Waals surface area contributed by atoms with E-state index in [9.17, 15) is 22.0 Å². The standard InChI is InChI=1S/C24H17F2N3O3S/c25-18-6-1-15(2-7-18)17-5-10-22(27)23(11-17)29-24(30)16-3-8-20(9-4-16)33(31,32)21-12-19(26)13-28-14-21/h1-14H,27H2,(H,29,30). The van der Waals surface area contributed by atoms with E-state index in [0.717, 1.165) is 29.6 Å². The highest BCUT2D eigenvalue weighted by molar-refractivity contribution is 7.91. The summed E-state index contributed by atoms with van der Waals surface area (Å²) in [5, 5.41) is 2.70. The Labute approximate surface area is 188 Å². The van der Waals surface area contributed by atoms with Crippen LogP contribution in [0.1, 0.15) is 10.4 Å². The Morgan fingerprint density at radius 2 is 1.45 bits per heavy atom. The van der Waals surface area contributed by atoms with Gasteiger partial charge in [-0.2, -0.15) is 0 Å². The van der Waals surface area contributed by atoms with Crippen molar-refractivity contribution in [3.05, 3.63) is 102 Å². The number of sulfone groups is 1. The molecule has 0 saturated carbocycles. The molecule has 1 heterocycles. The van der Waals surface area contributed by atoms with Crippen molar-refractivity contribution < 1.29 is 22.0 Å². The minimum atomic E-state index is -3.99. The number of hydrogen-bond acceptors (Lipinski definition) is 5. The minimum Gasteiger partial charge on any atom is -0.397 e. The summed E-state index contributed by atoms with van der Waals surface area (Å²) in [5.41, 5.74) is 8.33. The average molecular weight is 465 g/mol. The lowest BCUT2D eigenvalue weighted by Crippen LogP contribution is -2.13. The zero-order chi connectivity index (χ0) is 23.6. The van der Waals surface area contributed by atoms with Gasteiger partial charge in [0, 0.05) is 11.8 Å². The molecule has 166 valence electrons. The fourth-order valence-corrected chi connectivity index (χ4v) is 4.38. The maximum absolute atomic E-state index is 13.4. The highest BCUT2D eigenvalue weighted by Gasteiger charge is 2.19. The van der Waals surface area contributed by atoms with Gasteiger partial charge in [0.15, 0.2) is 0 Å². The van der Waals surface area contributed by atoms with Crippen molar-refractivity contribution in [3.63, 3.8) is 0 Å². The fourth-order valence-electron chi connectivity index (χ4n) is 3.14. The first kappa shape index (κ1) is 22.1. The van der Waals surface area contributed by atoms with E-state index < -0.39 is 21.6 Å². The van der Waals surface area contributed by atoms with Crippen LogP contribution in [-0.4, -0.2) is 19.3 Å². The summed E-state index contributed by atoms with van der Waals surface area (Å²) in [6.45, 7) is 0. The maximum atomic E-state index is 13.4. The van der Waals surface area contributed by atoms with Crippen LogP contribution in [0, 0.1) is 11.6 Å². The van der Waals surface area contributed by atoms with Gasteiger partial charge < -0.3 is 11.1 Å². The van der Waals surface area contributed by atoms with Gasteiger partial charge in [-0.25, -0.2) is 17.2 Å². The number of nitrogen functional groups attached to an aromatic ring is 1. The summed E-state index contributed by atoms with van der Waals surface area (Å²) in [6.07, 6.45) is 1.96. The molecule has 1 aromatic heterocycles. The number of halogens is 2. The summed E-state index contributed by atoms with van der Waals surface area (Å²) in [5.74, 6) is -1.64. The average Bonchev–Trinajstić information content (AvgIpc) is 2.81. The molecular formula is C24H17F2N3O3S. The van der Waals surface area contributed by atoms with Crippen LogP contribution in [0.2, 0.25) is 0 Å². The smallest absolute Gasteiger partial charge is 0.255 e. The van der Waals surface area contributed by atoms with Crippen LogP contribution < -0.4 is 11.1 Å². The lowest BCUT2D eigenvalue weighted by molar-refractivity contribution is 0.102. The van der Waals surface area contributed by atoms with Crippen molar-refractivity contribution in [2.45, 2.75) is 9.79 Å². The van der Waals surface area contributed by atoms with Crippen LogP contribution in [0.4, 0.5) is 20.2 Å². The van der Waals surface area contributed by atoms with Gasteiger partial charge in [0.05, 0.1) is 27.4 Å². The normalized spacial score (nSPS) is 11.2. The zero-order valence-electron chi connectivity index (χ0n) is 17.0. The minimum absolute atomic E-state index is 0.107. The van der Waals surface area contributed by atoms with Crippen molar-refractivity contribution in [2.75, 3.05) is 11.1 Å². The first-order valence-electron chi connectivity index (χ1n) is 9.66. The van der Waals surface area contributed by atoms with E-state index in [0.29, 0.717) is 11.4 Å². The molecule has 0 aliphatic heterocycles. The number of anilines is 2. The number of carbonyl (C=O) groups excluding carboxylic acids is 1. The molecule has 0 fully saturated rings. The van der Waals surface area contributed by atoms with Gasteiger partial charge in [-0.3, -0.25) is 9.78 Å². The Morgan fingerprint density at radius 1 is 0.788 bits per heavy atom. The van der Waals surface area contributed by atoms with Gasteiger partial charge >= 0.3 is 0 Å². The summed E-state index contributed by atoms with van der Waals surface area (Å²) >= 11 is 0. The number of nitrogens with two attached hydrogens (primary N) is 1. The number of benzene rings is 3. The van der Waals surface area contributed by atoms with Gasteiger partial charge in [-0.1, -0.05) is 18.2 Å². The zero-order valence-corrected chi connectivity index (χ0v) is 17.8. The van der Waals surface area contributed by atoms with Crippen molar-refractivity contribution in [3.8, 4) is 11.1 Å². The highest BCUT2D eigenvalue weighted by atomic mass is 32.2. The highest BCUT2D eigenvalue weighted by Crippen LogP contribution is 2.28. The molecule has 0 atom stereocenters. The second-order valence-corrected chi connectivity index (χ2v) is 9.08. The molecule has 0 unspecified atom stereocenters. The van der Waals surface area contributed by atoms with E-state index >= 15 is 0 Å². The molecule has 3 aromatic carbocycles. The number of nitrogens with zero attached hydrogens (tertiary/aromatic N) is 1. The number of pyridine rings is 1. The van der Waals surface area contributed by atoms with Gasteiger partial charge in [0.2, 0.25) is 9.84 Å². The van der Waals surface area contributed by atoms with Crippen molar-refractivity contribution in [2.24, 2.45) is 0 Å². The van der Waals surface area contributed by atoms with E-state index in [1.54, 1.807) is 30.3 Å². The van der Waals surface area contributed by atoms with Crippen LogP contribution in [-0.2, 0) is 9.84 Å². The quantitative estimate of drug-likeness (QED) is 0.416. The second kappa shape index (κ2) is 8.79. The van der Waals surface area contributed by atoms with Crippen LogP contribution >= 0.6 is 0 Å². The van der Waals surface area contributed by atoms with Gasteiger partial charge in [0.1, 0.15) is 11.6 Å². The summed E-state index contributed by atoms with van der Waals surface area (Å²) in [7, 11) is -3.99. The molecule has 0 saturated heterocycles. The van der Waals surface area contributed by atoms with E-state index in [1.165, 1.54) is 36.4 Å². The molecule has 1 amide bonds. The van der Waals surface area contributed by atoms with Crippen molar-refractivity contribution >= 4 is 27.1 Å². The van der Waals surface area contributed by atoms with Crippen LogP contribution in [0.25, 0.3) is 11.1 Å². The van der Waals surface area contributed by atoms with Gasteiger partial charge in [-0.05, 0) is 65.7 Å². The lowest BCUT2D eigenvalue weighted by atomic mass is 10.0. The third-order valence-corrected chi connectivity index (χ3v) is 6.63. The molecule has 6 nitrogen and oxygen atoms in total. The van der Waals surface area contributed by atoms with E-state index in [1.807, 2.05) is 0 Å². The molecule has 0 spiro atoms. The van der Waals surface area contributed by atoms with Crippen LogP contribution in [0.15, 0.2) is 95.0 Å². The number of nitrogens with one attached hydrogen (secondary N) is 1. The molecule has 3 N–H and O–H groups in total. The van der Waals surface area contributed by atoms with Crippen molar-refractivity contribution in [1.82, 2.24) is 4.98 Å². The van der Waals surface area contributed by atoms with Crippen LogP contribution in [0.3, 0.4) is 0 Å². The Kier molecular flexibility index (Phi) is 5.89. The van der Waals surface area contributed by atoms with E-state index in [2.05, 4.69) is 10.3 Å². The molecule has 4 rings (SSSR count). The molecule has 0 aliphatic rings. The Hall–Kier alpha value is -4.11. The number of hydrogen-bond donors (Lipinski definition) is 2. The molecule has 33 heavy (non-hydrogen) atoms. The monoisotopic (exact) mass is 465 g/mol. The SMILES string of the molecule is Nc1ccc(-c2ccc(F)cc2)cc1NC(=O)c1ccc(S(=O)(=O)c2cncc(F)c2)cc1. The van der Waals surface area contributed by atoms with Gasteiger partial charge in [-0.15, -0.1) is 0 Å². The van der Waals surface area contributed by atoms with E-state index in [-0.39, 0.29) is 21.2 Å². The largest absolute Gasteiger partial charge is 0.397 e. The third kappa shape index (κ3) is 4.73. The Morgan fingerprint density at radius 3 is 2.12 bits per heavy atom. The van der Waals surface area contributed by atoms with Crippen molar-refractivity contribution in [1.29, 1.82) is 0 Å². The first-order chi connectivity index (χ1) is 15.7. The number of carbonyl (C=O) groups is 1. The first-order valence-corrected chi connectivity index (χ1v) is 11.1. The predicted molar refractivity (Wildman–Crippen MR) is 120 cm³/mol. The predicted octanol–water partition coefficient (Wildman–Crippen LogP) is 4.69. The third-order valence-electron chi connectivity index (χ3n) is 4.90.